The number of amides is 1. The summed E-state index contributed by atoms with van der Waals surface area (Å²) in [4.78, 5) is 16.4. The first-order valence-electron chi connectivity index (χ1n) is 7.09. The van der Waals surface area contributed by atoms with Gasteiger partial charge in [-0.1, -0.05) is 24.3 Å². The standard InChI is InChI=1S/C16H19N3O.2ClH/c17-16(8-3-9-16)15(20)19-11-7-13-5-1-4-12-6-2-10-18-14(12)13;;/h1-2,4-6,10H,3,7-9,11,17H2,(H,19,20);2*1H. The Morgan fingerprint density at radius 2 is 1.95 bits per heavy atom. The number of aromatic nitrogens is 1. The van der Waals surface area contributed by atoms with E-state index in [9.17, 15) is 4.79 Å². The van der Waals surface area contributed by atoms with Gasteiger partial charge in [0, 0.05) is 18.1 Å². The first-order chi connectivity index (χ1) is 9.69. The summed E-state index contributed by atoms with van der Waals surface area (Å²) < 4.78 is 0. The topological polar surface area (TPSA) is 68.0 Å². The Morgan fingerprint density at radius 1 is 1.23 bits per heavy atom. The Balaban J connectivity index is 0.00000121. The Bertz CT molecular complexity index is 639. The smallest absolute Gasteiger partial charge is 0.240 e. The minimum absolute atomic E-state index is 0. The molecule has 1 aliphatic rings. The van der Waals surface area contributed by atoms with Gasteiger partial charge in [-0.3, -0.25) is 9.78 Å². The molecule has 4 nitrogen and oxygen atoms in total. The van der Waals surface area contributed by atoms with Crippen LogP contribution in [0.15, 0.2) is 36.5 Å². The molecule has 0 aliphatic heterocycles. The number of rotatable bonds is 4. The van der Waals surface area contributed by atoms with Crippen LogP contribution in [0.3, 0.4) is 0 Å². The Kier molecular flexibility index (Phi) is 6.60. The number of para-hydroxylation sites is 1. The van der Waals surface area contributed by atoms with Crippen LogP contribution in [0.1, 0.15) is 24.8 Å². The number of nitrogens with two attached hydrogens (primary N) is 1. The Labute approximate surface area is 142 Å². The van der Waals surface area contributed by atoms with E-state index in [1.165, 1.54) is 0 Å². The molecule has 22 heavy (non-hydrogen) atoms. The van der Waals surface area contributed by atoms with Gasteiger partial charge in [-0.25, -0.2) is 0 Å². The highest BCUT2D eigenvalue weighted by Crippen LogP contribution is 2.29. The lowest BCUT2D eigenvalue weighted by atomic mass is 9.77. The number of carbonyl (C=O) groups excluding carboxylic acids is 1. The molecule has 0 radical (unpaired) electrons. The van der Waals surface area contributed by atoms with Gasteiger partial charge >= 0.3 is 0 Å². The molecule has 0 saturated heterocycles. The van der Waals surface area contributed by atoms with Crippen molar-refractivity contribution in [2.45, 2.75) is 31.2 Å². The molecule has 120 valence electrons. The quantitative estimate of drug-likeness (QED) is 0.898. The molecule has 1 fully saturated rings. The summed E-state index contributed by atoms with van der Waals surface area (Å²) in [5, 5.41) is 4.08. The number of hydrogen-bond donors (Lipinski definition) is 2. The lowest BCUT2D eigenvalue weighted by Gasteiger charge is -2.36. The molecule has 0 unspecified atom stereocenters. The predicted octanol–water partition coefficient (Wildman–Crippen LogP) is 2.62. The Morgan fingerprint density at radius 3 is 2.64 bits per heavy atom. The third-order valence-electron chi connectivity index (χ3n) is 4.09. The summed E-state index contributed by atoms with van der Waals surface area (Å²) in [7, 11) is 0. The molecule has 1 aromatic carbocycles. The lowest BCUT2D eigenvalue weighted by Crippen LogP contribution is -2.58. The molecule has 0 bridgehead atoms. The van der Waals surface area contributed by atoms with Gasteiger partial charge in [0.1, 0.15) is 0 Å². The number of carbonyl (C=O) groups is 1. The van der Waals surface area contributed by atoms with Crippen LogP contribution in [0.25, 0.3) is 10.9 Å². The summed E-state index contributed by atoms with van der Waals surface area (Å²) >= 11 is 0. The van der Waals surface area contributed by atoms with Gasteiger partial charge in [0.15, 0.2) is 0 Å². The van der Waals surface area contributed by atoms with E-state index in [0.29, 0.717) is 6.54 Å². The van der Waals surface area contributed by atoms with Crippen molar-refractivity contribution in [2.24, 2.45) is 5.73 Å². The third-order valence-corrected chi connectivity index (χ3v) is 4.09. The molecule has 3 rings (SSSR count). The highest BCUT2D eigenvalue weighted by molar-refractivity contribution is 5.87. The minimum atomic E-state index is -0.614. The first kappa shape index (κ1) is 18.7. The molecule has 1 aromatic heterocycles. The maximum Gasteiger partial charge on any atom is 0.240 e. The number of benzene rings is 1. The maximum atomic E-state index is 11.9. The van der Waals surface area contributed by atoms with Crippen LogP contribution in [0.2, 0.25) is 0 Å². The average molecular weight is 342 g/mol. The largest absolute Gasteiger partial charge is 0.354 e. The van der Waals surface area contributed by atoms with Crippen molar-refractivity contribution in [3.63, 3.8) is 0 Å². The second kappa shape index (κ2) is 7.77. The van der Waals surface area contributed by atoms with Gasteiger partial charge < -0.3 is 11.1 Å². The molecule has 0 spiro atoms. The fourth-order valence-corrected chi connectivity index (χ4v) is 2.64. The highest BCUT2D eigenvalue weighted by Gasteiger charge is 2.39. The van der Waals surface area contributed by atoms with Gasteiger partial charge in [-0.15, -0.1) is 24.8 Å². The van der Waals surface area contributed by atoms with E-state index in [2.05, 4.69) is 16.4 Å². The van der Waals surface area contributed by atoms with Crippen LogP contribution in [0.5, 0.6) is 0 Å². The van der Waals surface area contributed by atoms with E-state index in [-0.39, 0.29) is 30.7 Å². The van der Waals surface area contributed by atoms with E-state index in [1.54, 1.807) is 6.20 Å². The number of halogens is 2. The average Bonchev–Trinajstić information content (AvgIpc) is 2.45. The van der Waals surface area contributed by atoms with Gasteiger partial charge in [-0.05, 0) is 37.3 Å². The highest BCUT2D eigenvalue weighted by atomic mass is 35.5. The van der Waals surface area contributed by atoms with Crippen LogP contribution >= 0.6 is 24.8 Å². The summed E-state index contributed by atoms with van der Waals surface area (Å²) in [6, 6.07) is 10.1. The molecular weight excluding hydrogens is 321 g/mol. The predicted molar refractivity (Wildman–Crippen MR) is 93.7 cm³/mol. The number of nitrogens with one attached hydrogen (secondary N) is 1. The van der Waals surface area contributed by atoms with Crippen molar-refractivity contribution in [3.8, 4) is 0 Å². The molecule has 3 N–H and O–H groups in total. The zero-order valence-electron chi connectivity index (χ0n) is 12.2. The van der Waals surface area contributed by atoms with Crippen LogP contribution in [0, 0.1) is 0 Å². The number of hydrogen-bond acceptors (Lipinski definition) is 3. The van der Waals surface area contributed by atoms with Crippen molar-refractivity contribution in [3.05, 3.63) is 42.1 Å². The van der Waals surface area contributed by atoms with Crippen molar-refractivity contribution in [2.75, 3.05) is 6.54 Å². The Hall–Kier alpha value is -1.36. The fourth-order valence-electron chi connectivity index (χ4n) is 2.64. The molecule has 1 heterocycles. The van der Waals surface area contributed by atoms with Crippen LogP contribution < -0.4 is 11.1 Å². The molecule has 0 atom stereocenters. The van der Waals surface area contributed by atoms with E-state index in [1.807, 2.05) is 24.3 Å². The number of fused-ring (bicyclic) bond motifs is 1. The summed E-state index contributed by atoms with van der Waals surface area (Å²) in [5.74, 6) is -0.0167. The number of pyridine rings is 1. The van der Waals surface area contributed by atoms with Gasteiger partial charge in [0.25, 0.3) is 0 Å². The molecule has 1 amide bonds. The second-order valence-electron chi connectivity index (χ2n) is 5.51. The molecule has 1 saturated carbocycles. The van der Waals surface area contributed by atoms with Crippen LogP contribution in [0.4, 0.5) is 0 Å². The molecule has 6 heteroatoms. The fraction of sp³-hybridized carbons (Fsp3) is 0.375. The summed E-state index contributed by atoms with van der Waals surface area (Å²) in [6.07, 6.45) is 5.23. The SMILES string of the molecule is Cl.Cl.NC1(C(=O)NCCc2cccc3cccnc23)CCC1. The van der Waals surface area contributed by atoms with Crippen LogP contribution in [-0.4, -0.2) is 23.0 Å². The summed E-state index contributed by atoms with van der Waals surface area (Å²) in [5.41, 5.74) is 7.54. The van der Waals surface area contributed by atoms with E-state index in [4.69, 9.17) is 5.73 Å². The van der Waals surface area contributed by atoms with Gasteiger partial charge in [-0.2, -0.15) is 0 Å². The zero-order valence-corrected chi connectivity index (χ0v) is 13.9. The van der Waals surface area contributed by atoms with E-state index >= 15 is 0 Å². The first-order valence-corrected chi connectivity index (χ1v) is 7.09. The van der Waals surface area contributed by atoms with Gasteiger partial charge in [0.2, 0.25) is 5.91 Å². The number of nitrogens with zero attached hydrogens (tertiary/aromatic N) is 1. The zero-order chi connectivity index (χ0) is 14.0. The molecule has 2 aromatic rings. The van der Waals surface area contributed by atoms with Gasteiger partial charge in [0.05, 0.1) is 11.1 Å². The van der Waals surface area contributed by atoms with Crippen molar-refractivity contribution < 1.29 is 4.79 Å². The monoisotopic (exact) mass is 341 g/mol. The van der Waals surface area contributed by atoms with Crippen molar-refractivity contribution >= 4 is 41.6 Å². The summed E-state index contributed by atoms with van der Waals surface area (Å²) in [6.45, 7) is 0.605. The second-order valence-corrected chi connectivity index (χ2v) is 5.51. The van der Waals surface area contributed by atoms with Crippen molar-refractivity contribution in [1.82, 2.24) is 10.3 Å². The third kappa shape index (κ3) is 3.69. The molecular formula is C16H21Cl2N3O. The van der Waals surface area contributed by atoms with Crippen LogP contribution in [-0.2, 0) is 11.2 Å². The normalized spacial score (nSPS) is 15.1. The minimum Gasteiger partial charge on any atom is -0.354 e. The van der Waals surface area contributed by atoms with Crippen molar-refractivity contribution in [1.29, 1.82) is 0 Å². The van der Waals surface area contributed by atoms with E-state index < -0.39 is 5.54 Å². The lowest BCUT2D eigenvalue weighted by molar-refractivity contribution is -0.129. The molecule has 1 aliphatic carbocycles. The van der Waals surface area contributed by atoms with E-state index in [0.717, 1.165) is 42.1 Å². The maximum absolute atomic E-state index is 11.9.